The molecule has 0 amide bonds. The number of imidazole rings is 1. The van der Waals surface area contributed by atoms with E-state index in [2.05, 4.69) is 30.6 Å². The molecule has 1 saturated heterocycles. The summed E-state index contributed by atoms with van der Waals surface area (Å²) >= 11 is 0. The van der Waals surface area contributed by atoms with Gasteiger partial charge in [0.2, 0.25) is 5.95 Å². The standard InChI is InChI=1S/C22H23FN8/c1-14-9-15(2)25-18(10-14)27-22-28-19(12-21(29-22)31-6-3-16(23)13-31)26-17-4-7-30-8-5-24-20(30)11-17/h4-5,7-12,16H,3,6,13H2,1-2H3,(H2,25,26,27,28,29)/t16-/m1/s1. The number of alkyl halides is 1. The lowest BCUT2D eigenvalue weighted by molar-refractivity contribution is 0.364. The Bertz CT molecular complexity index is 1220. The maximum atomic E-state index is 13.8. The van der Waals surface area contributed by atoms with Crippen LogP contribution in [-0.2, 0) is 0 Å². The largest absolute Gasteiger partial charge is 0.353 e. The molecule has 5 heterocycles. The first-order valence-corrected chi connectivity index (χ1v) is 10.2. The molecular weight excluding hydrogens is 395 g/mol. The Balaban J connectivity index is 1.49. The molecule has 158 valence electrons. The zero-order chi connectivity index (χ0) is 21.4. The van der Waals surface area contributed by atoms with Crippen LogP contribution in [0.2, 0.25) is 0 Å². The third-order valence-electron chi connectivity index (χ3n) is 5.18. The molecule has 4 aromatic heterocycles. The third-order valence-corrected chi connectivity index (χ3v) is 5.18. The lowest BCUT2D eigenvalue weighted by Gasteiger charge is -2.19. The van der Waals surface area contributed by atoms with Crippen molar-refractivity contribution in [3.05, 3.63) is 60.2 Å². The number of nitrogens with zero attached hydrogens (tertiary/aromatic N) is 6. The van der Waals surface area contributed by atoms with Gasteiger partial charge in [-0.15, -0.1) is 0 Å². The van der Waals surface area contributed by atoms with Gasteiger partial charge in [-0.2, -0.15) is 9.97 Å². The van der Waals surface area contributed by atoms with Crippen molar-refractivity contribution in [3.63, 3.8) is 0 Å². The van der Waals surface area contributed by atoms with Gasteiger partial charge >= 0.3 is 0 Å². The minimum atomic E-state index is -0.841. The van der Waals surface area contributed by atoms with E-state index in [1.807, 2.05) is 65.9 Å². The predicted molar refractivity (Wildman–Crippen MR) is 119 cm³/mol. The number of hydrogen-bond acceptors (Lipinski definition) is 7. The molecule has 1 aliphatic rings. The highest BCUT2D eigenvalue weighted by Gasteiger charge is 2.24. The summed E-state index contributed by atoms with van der Waals surface area (Å²) in [5, 5.41) is 6.53. The van der Waals surface area contributed by atoms with Crippen molar-refractivity contribution in [1.82, 2.24) is 24.3 Å². The smallest absolute Gasteiger partial charge is 0.232 e. The van der Waals surface area contributed by atoms with Crippen LogP contribution in [0.1, 0.15) is 17.7 Å². The van der Waals surface area contributed by atoms with E-state index in [0.717, 1.165) is 22.6 Å². The minimum absolute atomic E-state index is 0.331. The van der Waals surface area contributed by atoms with Gasteiger partial charge in [0, 0.05) is 48.6 Å². The fourth-order valence-corrected chi connectivity index (χ4v) is 3.80. The van der Waals surface area contributed by atoms with Crippen molar-refractivity contribution < 1.29 is 4.39 Å². The molecule has 0 unspecified atom stereocenters. The average Bonchev–Trinajstić information content (AvgIpc) is 3.35. The summed E-state index contributed by atoms with van der Waals surface area (Å²) in [6, 6.07) is 9.67. The lowest BCUT2D eigenvalue weighted by Crippen LogP contribution is -2.22. The summed E-state index contributed by atoms with van der Waals surface area (Å²) in [6.07, 6.45) is 5.24. The molecule has 5 rings (SSSR count). The van der Waals surface area contributed by atoms with Crippen LogP contribution in [0, 0.1) is 13.8 Å². The van der Waals surface area contributed by atoms with E-state index in [4.69, 9.17) is 0 Å². The molecule has 1 atom stereocenters. The number of hydrogen-bond donors (Lipinski definition) is 2. The summed E-state index contributed by atoms with van der Waals surface area (Å²) < 4.78 is 15.8. The van der Waals surface area contributed by atoms with Crippen molar-refractivity contribution in [2.24, 2.45) is 0 Å². The number of nitrogens with one attached hydrogen (secondary N) is 2. The van der Waals surface area contributed by atoms with Crippen molar-refractivity contribution >= 4 is 34.7 Å². The van der Waals surface area contributed by atoms with Crippen LogP contribution in [-0.4, -0.2) is 43.6 Å². The van der Waals surface area contributed by atoms with Gasteiger partial charge < -0.3 is 19.9 Å². The Morgan fingerprint density at radius 3 is 2.68 bits per heavy atom. The fraction of sp³-hybridized carbons (Fsp3) is 0.273. The number of halogens is 1. The molecule has 1 aliphatic heterocycles. The van der Waals surface area contributed by atoms with Gasteiger partial charge in [0.1, 0.15) is 29.3 Å². The Morgan fingerprint density at radius 2 is 1.87 bits per heavy atom. The van der Waals surface area contributed by atoms with Crippen LogP contribution >= 0.6 is 0 Å². The normalized spacial score (nSPS) is 16.1. The van der Waals surface area contributed by atoms with E-state index < -0.39 is 6.17 Å². The van der Waals surface area contributed by atoms with Gasteiger partial charge in [-0.05, 0) is 44.0 Å². The van der Waals surface area contributed by atoms with Crippen molar-refractivity contribution in [3.8, 4) is 0 Å². The quantitative estimate of drug-likeness (QED) is 0.503. The Morgan fingerprint density at radius 1 is 1.00 bits per heavy atom. The first-order chi connectivity index (χ1) is 15.0. The van der Waals surface area contributed by atoms with Crippen molar-refractivity contribution in [2.75, 3.05) is 28.6 Å². The van der Waals surface area contributed by atoms with Gasteiger partial charge in [0.05, 0.1) is 6.54 Å². The molecule has 8 nitrogen and oxygen atoms in total. The van der Waals surface area contributed by atoms with E-state index in [0.29, 0.717) is 42.9 Å². The Labute approximate surface area is 179 Å². The molecule has 2 N–H and O–H groups in total. The highest BCUT2D eigenvalue weighted by atomic mass is 19.1. The van der Waals surface area contributed by atoms with Crippen LogP contribution in [0.4, 0.5) is 33.5 Å². The zero-order valence-corrected chi connectivity index (χ0v) is 17.4. The van der Waals surface area contributed by atoms with Crippen LogP contribution < -0.4 is 15.5 Å². The van der Waals surface area contributed by atoms with Crippen molar-refractivity contribution in [1.29, 1.82) is 0 Å². The maximum absolute atomic E-state index is 13.8. The monoisotopic (exact) mass is 418 g/mol. The fourth-order valence-electron chi connectivity index (χ4n) is 3.80. The molecule has 0 radical (unpaired) electrons. The number of aromatic nitrogens is 5. The second-order valence-corrected chi connectivity index (χ2v) is 7.80. The first-order valence-electron chi connectivity index (χ1n) is 10.2. The molecule has 0 aromatic carbocycles. The van der Waals surface area contributed by atoms with Gasteiger partial charge in [-0.25, -0.2) is 14.4 Å². The molecule has 0 saturated carbocycles. The molecule has 0 bridgehead atoms. The number of fused-ring (bicyclic) bond motifs is 1. The topological polar surface area (TPSA) is 83.3 Å². The molecule has 0 spiro atoms. The first kappa shape index (κ1) is 19.2. The highest BCUT2D eigenvalue weighted by molar-refractivity contribution is 5.66. The van der Waals surface area contributed by atoms with E-state index in [-0.39, 0.29) is 0 Å². The summed E-state index contributed by atoms with van der Waals surface area (Å²) in [6.45, 7) is 4.91. The summed E-state index contributed by atoms with van der Waals surface area (Å²) in [4.78, 5) is 20.0. The molecule has 0 aliphatic carbocycles. The van der Waals surface area contributed by atoms with E-state index in [1.54, 1.807) is 6.20 Å². The van der Waals surface area contributed by atoms with Gasteiger partial charge in [0.25, 0.3) is 0 Å². The predicted octanol–water partition coefficient (Wildman–Crippen LogP) is 4.17. The van der Waals surface area contributed by atoms with Gasteiger partial charge in [-0.3, -0.25) is 0 Å². The van der Waals surface area contributed by atoms with Crippen LogP contribution in [0.25, 0.3) is 5.65 Å². The van der Waals surface area contributed by atoms with E-state index >= 15 is 0 Å². The summed E-state index contributed by atoms with van der Waals surface area (Å²) in [5.74, 6) is 2.35. The third kappa shape index (κ3) is 4.25. The summed E-state index contributed by atoms with van der Waals surface area (Å²) in [7, 11) is 0. The minimum Gasteiger partial charge on any atom is -0.353 e. The zero-order valence-electron chi connectivity index (χ0n) is 17.4. The number of rotatable bonds is 5. The molecule has 31 heavy (non-hydrogen) atoms. The number of aryl methyl sites for hydroxylation is 2. The Hall–Kier alpha value is -3.75. The Kier molecular flexibility index (Phi) is 4.85. The molecular formula is C22H23FN8. The molecule has 9 heteroatoms. The van der Waals surface area contributed by atoms with Crippen LogP contribution in [0.5, 0.6) is 0 Å². The van der Waals surface area contributed by atoms with E-state index in [1.165, 1.54) is 0 Å². The SMILES string of the molecule is Cc1cc(C)nc(Nc2nc(Nc3ccn4ccnc4c3)cc(N3CC[C@@H](F)C3)n2)c1. The van der Waals surface area contributed by atoms with E-state index in [9.17, 15) is 4.39 Å². The molecule has 1 fully saturated rings. The van der Waals surface area contributed by atoms with Crippen LogP contribution in [0.15, 0.2) is 48.9 Å². The average molecular weight is 418 g/mol. The number of anilines is 5. The molecule has 4 aromatic rings. The summed E-state index contributed by atoms with van der Waals surface area (Å²) in [5.41, 5.74) is 3.68. The highest BCUT2D eigenvalue weighted by Crippen LogP contribution is 2.26. The van der Waals surface area contributed by atoms with Gasteiger partial charge in [0.15, 0.2) is 0 Å². The number of pyridine rings is 2. The van der Waals surface area contributed by atoms with Crippen molar-refractivity contribution in [2.45, 2.75) is 26.4 Å². The van der Waals surface area contributed by atoms with Gasteiger partial charge in [-0.1, -0.05) is 0 Å². The second kappa shape index (κ2) is 7.82. The lowest BCUT2D eigenvalue weighted by atomic mass is 10.2. The maximum Gasteiger partial charge on any atom is 0.232 e. The second-order valence-electron chi connectivity index (χ2n) is 7.80. The van der Waals surface area contributed by atoms with Crippen LogP contribution in [0.3, 0.4) is 0 Å².